The van der Waals surface area contributed by atoms with Crippen molar-refractivity contribution in [3.05, 3.63) is 58.4 Å². The molecular formula is C15H9ClFNO5S. The molecule has 2 aromatic rings. The highest BCUT2D eigenvalue weighted by atomic mass is 35.5. The number of nitrogens with zero attached hydrogens (tertiary/aromatic N) is 1. The SMILES string of the molecule is O=C1C(=O)N(Cc2c(F)cccc2Cl)c2ccc(S(=O)(=O)O)cc21. The lowest BCUT2D eigenvalue weighted by Gasteiger charge is -2.18. The fraction of sp³-hybridized carbons (Fsp3) is 0.0667. The van der Waals surface area contributed by atoms with E-state index in [2.05, 4.69) is 0 Å². The summed E-state index contributed by atoms with van der Waals surface area (Å²) < 4.78 is 45.3. The van der Waals surface area contributed by atoms with E-state index in [-0.39, 0.29) is 28.4 Å². The molecule has 3 rings (SSSR count). The predicted molar refractivity (Wildman–Crippen MR) is 83.2 cm³/mol. The van der Waals surface area contributed by atoms with Crippen LogP contribution in [0, 0.1) is 5.82 Å². The van der Waals surface area contributed by atoms with E-state index in [0.29, 0.717) is 0 Å². The fourth-order valence-corrected chi connectivity index (χ4v) is 3.17. The minimum atomic E-state index is -4.52. The highest BCUT2D eigenvalue weighted by Crippen LogP contribution is 2.33. The fourth-order valence-electron chi connectivity index (χ4n) is 2.44. The molecule has 0 spiro atoms. The van der Waals surface area contributed by atoms with Crippen molar-refractivity contribution < 1.29 is 27.0 Å². The molecular weight excluding hydrogens is 361 g/mol. The molecule has 6 nitrogen and oxygen atoms in total. The lowest BCUT2D eigenvalue weighted by atomic mass is 10.1. The van der Waals surface area contributed by atoms with Gasteiger partial charge in [-0.3, -0.25) is 14.1 Å². The summed E-state index contributed by atoms with van der Waals surface area (Å²) in [4.78, 5) is 24.7. The zero-order chi connectivity index (χ0) is 17.6. The number of amides is 1. The third-order valence-corrected chi connectivity index (χ3v) is 4.82. The Labute approximate surface area is 141 Å². The average molecular weight is 370 g/mol. The van der Waals surface area contributed by atoms with Gasteiger partial charge in [0.25, 0.3) is 21.8 Å². The van der Waals surface area contributed by atoms with Gasteiger partial charge in [0.05, 0.1) is 22.7 Å². The van der Waals surface area contributed by atoms with Gasteiger partial charge in [-0.15, -0.1) is 0 Å². The quantitative estimate of drug-likeness (QED) is 0.662. The van der Waals surface area contributed by atoms with Crippen LogP contribution in [0.3, 0.4) is 0 Å². The van der Waals surface area contributed by atoms with Crippen LogP contribution in [0.15, 0.2) is 41.3 Å². The minimum Gasteiger partial charge on any atom is -0.300 e. The summed E-state index contributed by atoms with van der Waals surface area (Å²) in [6, 6.07) is 7.20. The van der Waals surface area contributed by atoms with Gasteiger partial charge in [-0.1, -0.05) is 17.7 Å². The maximum absolute atomic E-state index is 13.9. The second-order valence-electron chi connectivity index (χ2n) is 5.07. The van der Waals surface area contributed by atoms with Crippen LogP contribution in [0.1, 0.15) is 15.9 Å². The first-order chi connectivity index (χ1) is 11.2. The molecule has 9 heteroatoms. The molecule has 0 unspecified atom stereocenters. The van der Waals surface area contributed by atoms with Gasteiger partial charge in [0.2, 0.25) is 0 Å². The number of carbonyl (C=O) groups is 2. The summed E-state index contributed by atoms with van der Waals surface area (Å²) in [6.07, 6.45) is 0. The summed E-state index contributed by atoms with van der Waals surface area (Å²) in [5, 5.41) is 0.0956. The van der Waals surface area contributed by atoms with E-state index >= 15 is 0 Å². The van der Waals surface area contributed by atoms with Gasteiger partial charge in [0.15, 0.2) is 0 Å². The van der Waals surface area contributed by atoms with Crippen molar-refractivity contribution in [3.63, 3.8) is 0 Å². The number of halogens is 2. The lowest BCUT2D eigenvalue weighted by molar-refractivity contribution is -0.114. The van der Waals surface area contributed by atoms with Gasteiger partial charge in [-0.05, 0) is 30.3 Å². The number of hydrogen-bond donors (Lipinski definition) is 1. The van der Waals surface area contributed by atoms with Crippen molar-refractivity contribution in [2.24, 2.45) is 0 Å². The Morgan fingerprint density at radius 3 is 2.50 bits per heavy atom. The second kappa shape index (κ2) is 5.66. The molecule has 0 saturated heterocycles. The summed E-state index contributed by atoms with van der Waals surface area (Å²) in [5.74, 6) is -2.51. The van der Waals surface area contributed by atoms with Crippen molar-refractivity contribution >= 4 is 39.1 Å². The first-order valence-electron chi connectivity index (χ1n) is 6.61. The van der Waals surface area contributed by atoms with Crippen molar-refractivity contribution in [2.75, 3.05) is 4.90 Å². The van der Waals surface area contributed by atoms with Crippen LogP contribution < -0.4 is 4.90 Å². The number of hydrogen-bond acceptors (Lipinski definition) is 4. The standard InChI is InChI=1S/C15H9ClFNO5S/c16-11-2-1-3-12(17)10(11)7-18-13-5-4-8(24(21,22)23)6-9(13)14(19)15(18)20/h1-6H,7H2,(H,21,22,23). The molecule has 124 valence electrons. The molecule has 24 heavy (non-hydrogen) atoms. The average Bonchev–Trinajstić information content (AvgIpc) is 2.74. The molecule has 0 bridgehead atoms. The maximum atomic E-state index is 13.9. The monoisotopic (exact) mass is 369 g/mol. The van der Waals surface area contributed by atoms with Gasteiger partial charge in [0, 0.05) is 10.6 Å². The molecule has 2 aromatic carbocycles. The Hall–Kier alpha value is -2.29. The third kappa shape index (κ3) is 2.68. The number of rotatable bonds is 3. The van der Waals surface area contributed by atoms with Crippen LogP contribution in [0.4, 0.5) is 10.1 Å². The summed E-state index contributed by atoms with van der Waals surface area (Å²) in [5.41, 5.74) is -0.0219. The Kier molecular flexibility index (Phi) is 3.90. The first kappa shape index (κ1) is 16.6. The molecule has 0 aromatic heterocycles. The molecule has 1 amide bonds. The van der Waals surface area contributed by atoms with E-state index in [1.54, 1.807) is 0 Å². The lowest BCUT2D eigenvalue weighted by Crippen LogP contribution is -2.29. The van der Waals surface area contributed by atoms with E-state index in [4.69, 9.17) is 16.2 Å². The highest BCUT2D eigenvalue weighted by Gasteiger charge is 2.37. The summed E-state index contributed by atoms with van der Waals surface area (Å²) >= 11 is 5.93. The van der Waals surface area contributed by atoms with Gasteiger partial charge in [-0.2, -0.15) is 8.42 Å². The smallest absolute Gasteiger partial charge is 0.299 e. The molecule has 0 fully saturated rings. The van der Waals surface area contributed by atoms with E-state index in [0.717, 1.165) is 17.0 Å². The molecule has 0 radical (unpaired) electrons. The molecule has 1 aliphatic heterocycles. The number of anilines is 1. The van der Waals surface area contributed by atoms with Gasteiger partial charge >= 0.3 is 0 Å². The van der Waals surface area contributed by atoms with Crippen LogP contribution >= 0.6 is 11.6 Å². The number of benzene rings is 2. The van der Waals surface area contributed by atoms with Gasteiger partial charge in [-0.25, -0.2) is 4.39 Å². The normalized spacial score (nSPS) is 14.2. The second-order valence-corrected chi connectivity index (χ2v) is 6.90. The zero-order valence-corrected chi connectivity index (χ0v) is 13.4. The molecule has 0 saturated carbocycles. The van der Waals surface area contributed by atoms with Crippen LogP contribution in [-0.4, -0.2) is 24.7 Å². The predicted octanol–water partition coefficient (Wildman–Crippen LogP) is 2.46. The van der Waals surface area contributed by atoms with Crippen molar-refractivity contribution in [1.29, 1.82) is 0 Å². The maximum Gasteiger partial charge on any atom is 0.299 e. The third-order valence-electron chi connectivity index (χ3n) is 3.62. The Balaban J connectivity index is 2.07. The molecule has 1 heterocycles. The zero-order valence-electron chi connectivity index (χ0n) is 11.9. The number of Topliss-reactive ketones (excluding diaryl/α,β-unsaturated/α-hetero) is 1. The summed E-state index contributed by atoms with van der Waals surface area (Å²) in [7, 11) is -4.52. The minimum absolute atomic E-state index is 0.0343. The van der Waals surface area contributed by atoms with Crippen LogP contribution in [0.5, 0.6) is 0 Å². The van der Waals surface area contributed by atoms with Gasteiger partial charge in [0.1, 0.15) is 5.82 Å². The van der Waals surface area contributed by atoms with E-state index in [1.807, 2.05) is 0 Å². The van der Waals surface area contributed by atoms with Crippen molar-refractivity contribution in [2.45, 2.75) is 11.4 Å². The Morgan fingerprint density at radius 2 is 1.88 bits per heavy atom. The number of ketones is 1. The Morgan fingerprint density at radius 1 is 1.17 bits per heavy atom. The van der Waals surface area contributed by atoms with Crippen molar-refractivity contribution in [1.82, 2.24) is 0 Å². The van der Waals surface area contributed by atoms with E-state index < -0.39 is 32.5 Å². The summed E-state index contributed by atoms with van der Waals surface area (Å²) in [6.45, 7) is -0.283. The number of carbonyl (C=O) groups excluding carboxylic acids is 2. The van der Waals surface area contributed by atoms with Crippen molar-refractivity contribution in [3.8, 4) is 0 Å². The highest BCUT2D eigenvalue weighted by molar-refractivity contribution is 7.85. The van der Waals surface area contributed by atoms with E-state index in [9.17, 15) is 22.4 Å². The van der Waals surface area contributed by atoms with E-state index in [1.165, 1.54) is 24.3 Å². The van der Waals surface area contributed by atoms with Gasteiger partial charge < -0.3 is 4.90 Å². The number of fused-ring (bicyclic) bond motifs is 1. The molecule has 1 N–H and O–H groups in total. The topological polar surface area (TPSA) is 91.8 Å². The molecule has 1 aliphatic rings. The molecule has 0 atom stereocenters. The first-order valence-corrected chi connectivity index (χ1v) is 8.42. The Bertz CT molecular complexity index is 969. The van der Waals surface area contributed by atoms with Crippen LogP contribution in [-0.2, 0) is 21.5 Å². The molecule has 0 aliphatic carbocycles. The van der Waals surface area contributed by atoms with Crippen LogP contribution in [0.25, 0.3) is 0 Å². The van der Waals surface area contributed by atoms with Crippen LogP contribution in [0.2, 0.25) is 5.02 Å². The largest absolute Gasteiger partial charge is 0.300 e.